The van der Waals surface area contributed by atoms with Gasteiger partial charge in [0.2, 0.25) is 0 Å². The van der Waals surface area contributed by atoms with Gasteiger partial charge in [-0.05, 0) is 31.4 Å². The zero-order chi connectivity index (χ0) is 9.10. The van der Waals surface area contributed by atoms with Gasteiger partial charge < -0.3 is 5.32 Å². The van der Waals surface area contributed by atoms with E-state index in [-0.39, 0.29) is 0 Å². The minimum Gasteiger partial charge on any atom is -0.366 e. The summed E-state index contributed by atoms with van der Waals surface area (Å²) in [7, 11) is 0. The van der Waals surface area contributed by atoms with Crippen LogP contribution in [0.25, 0.3) is 0 Å². The van der Waals surface area contributed by atoms with E-state index in [1.807, 2.05) is 13.0 Å². The molecule has 1 N–H and O–H groups in total. The van der Waals surface area contributed by atoms with E-state index in [2.05, 4.69) is 15.5 Å². The molecule has 1 aromatic heterocycles. The third-order valence-electron chi connectivity index (χ3n) is 2.50. The minimum atomic E-state index is 0.621. The molecule has 1 aromatic rings. The number of nitrogens with one attached hydrogen (secondary N) is 1. The highest BCUT2D eigenvalue weighted by Crippen LogP contribution is 2.21. The SMILES string of the molecule is Cc1cnnc(NC2CCCC2)c1. The molecule has 1 aliphatic rings. The maximum absolute atomic E-state index is 4.04. The van der Waals surface area contributed by atoms with E-state index < -0.39 is 0 Å². The van der Waals surface area contributed by atoms with Crippen molar-refractivity contribution in [2.24, 2.45) is 0 Å². The van der Waals surface area contributed by atoms with Crippen LogP contribution in [0.4, 0.5) is 5.82 Å². The number of anilines is 1. The normalized spacial score (nSPS) is 17.6. The lowest BCUT2D eigenvalue weighted by atomic mass is 10.2. The average Bonchev–Trinajstić information content (AvgIpc) is 2.57. The number of aromatic nitrogens is 2. The van der Waals surface area contributed by atoms with Gasteiger partial charge in [0.15, 0.2) is 0 Å². The zero-order valence-electron chi connectivity index (χ0n) is 7.95. The van der Waals surface area contributed by atoms with Crippen molar-refractivity contribution in [3.05, 3.63) is 17.8 Å². The molecule has 3 nitrogen and oxygen atoms in total. The first-order valence-electron chi connectivity index (χ1n) is 4.90. The third kappa shape index (κ3) is 2.17. The predicted octanol–water partition coefficient (Wildman–Crippen LogP) is 2.14. The first-order chi connectivity index (χ1) is 6.34. The summed E-state index contributed by atoms with van der Waals surface area (Å²) in [4.78, 5) is 0. The fourth-order valence-electron chi connectivity index (χ4n) is 1.81. The molecule has 2 rings (SSSR count). The molecule has 0 radical (unpaired) electrons. The molecule has 1 saturated carbocycles. The molecule has 70 valence electrons. The summed E-state index contributed by atoms with van der Waals surface area (Å²) in [6.45, 7) is 2.04. The number of nitrogens with zero attached hydrogens (tertiary/aromatic N) is 2. The molecule has 3 heteroatoms. The lowest BCUT2D eigenvalue weighted by Gasteiger charge is -2.11. The van der Waals surface area contributed by atoms with Gasteiger partial charge in [-0.2, -0.15) is 5.10 Å². The van der Waals surface area contributed by atoms with Crippen LogP contribution in [0.3, 0.4) is 0 Å². The Kier molecular flexibility index (Phi) is 2.43. The summed E-state index contributed by atoms with van der Waals surface area (Å²) in [5.41, 5.74) is 1.16. The Bertz CT molecular complexity index is 279. The van der Waals surface area contributed by atoms with Crippen LogP contribution in [0.1, 0.15) is 31.2 Å². The molecule has 1 fully saturated rings. The van der Waals surface area contributed by atoms with Gasteiger partial charge in [-0.1, -0.05) is 12.8 Å². The largest absolute Gasteiger partial charge is 0.366 e. The monoisotopic (exact) mass is 177 g/mol. The van der Waals surface area contributed by atoms with E-state index in [1.54, 1.807) is 6.20 Å². The van der Waals surface area contributed by atoms with Crippen molar-refractivity contribution in [2.45, 2.75) is 38.6 Å². The Balaban J connectivity index is 2.00. The summed E-state index contributed by atoms with van der Waals surface area (Å²) in [5, 5.41) is 11.4. The van der Waals surface area contributed by atoms with Crippen molar-refractivity contribution in [3.8, 4) is 0 Å². The van der Waals surface area contributed by atoms with Gasteiger partial charge >= 0.3 is 0 Å². The van der Waals surface area contributed by atoms with E-state index in [1.165, 1.54) is 25.7 Å². The quantitative estimate of drug-likeness (QED) is 0.752. The zero-order valence-corrected chi connectivity index (χ0v) is 7.95. The molecule has 1 heterocycles. The van der Waals surface area contributed by atoms with Gasteiger partial charge in [-0.3, -0.25) is 0 Å². The number of rotatable bonds is 2. The van der Waals surface area contributed by atoms with Crippen LogP contribution in [-0.4, -0.2) is 16.2 Å². The molecule has 1 aliphatic carbocycles. The van der Waals surface area contributed by atoms with Crippen molar-refractivity contribution in [2.75, 3.05) is 5.32 Å². The van der Waals surface area contributed by atoms with Crippen LogP contribution in [-0.2, 0) is 0 Å². The second-order valence-electron chi connectivity index (χ2n) is 3.74. The second kappa shape index (κ2) is 3.73. The predicted molar refractivity (Wildman–Crippen MR) is 52.6 cm³/mol. The molecule has 0 amide bonds. The standard InChI is InChI=1S/C10H15N3/c1-8-6-10(13-11-7-8)12-9-4-2-3-5-9/h6-7,9H,2-5H2,1H3,(H,12,13). The maximum atomic E-state index is 4.04. The van der Waals surface area contributed by atoms with E-state index in [0.717, 1.165) is 11.4 Å². The molecular formula is C10H15N3. The lowest BCUT2D eigenvalue weighted by molar-refractivity contribution is 0.745. The van der Waals surface area contributed by atoms with E-state index in [9.17, 15) is 0 Å². The first kappa shape index (κ1) is 8.48. The van der Waals surface area contributed by atoms with E-state index >= 15 is 0 Å². The van der Waals surface area contributed by atoms with Crippen LogP contribution in [0.5, 0.6) is 0 Å². The van der Waals surface area contributed by atoms with Crippen molar-refractivity contribution < 1.29 is 0 Å². The van der Waals surface area contributed by atoms with E-state index in [4.69, 9.17) is 0 Å². The summed E-state index contributed by atoms with van der Waals surface area (Å²) in [5.74, 6) is 0.923. The van der Waals surface area contributed by atoms with E-state index in [0.29, 0.717) is 6.04 Å². The number of hydrogen-bond donors (Lipinski definition) is 1. The Morgan fingerprint density at radius 3 is 2.85 bits per heavy atom. The smallest absolute Gasteiger partial charge is 0.149 e. The molecule has 13 heavy (non-hydrogen) atoms. The van der Waals surface area contributed by atoms with Crippen LogP contribution >= 0.6 is 0 Å². The molecule has 0 unspecified atom stereocenters. The Morgan fingerprint density at radius 2 is 2.15 bits per heavy atom. The topological polar surface area (TPSA) is 37.8 Å². The molecule has 0 bridgehead atoms. The summed E-state index contributed by atoms with van der Waals surface area (Å²) < 4.78 is 0. The molecule has 0 aromatic carbocycles. The highest BCUT2D eigenvalue weighted by molar-refractivity contribution is 5.36. The lowest BCUT2D eigenvalue weighted by Crippen LogP contribution is -2.15. The van der Waals surface area contributed by atoms with Crippen LogP contribution < -0.4 is 5.32 Å². The minimum absolute atomic E-state index is 0.621. The van der Waals surface area contributed by atoms with Crippen LogP contribution in [0.15, 0.2) is 12.3 Å². The van der Waals surface area contributed by atoms with Gasteiger partial charge in [0.1, 0.15) is 5.82 Å². The molecular weight excluding hydrogens is 162 g/mol. The molecule has 0 saturated heterocycles. The van der Waals surface area contributed by atoms with Crippen molar-refractivity contribution in [1.29, 1.82) is 0 Å². The van der Waals surface area contributed by atoms with Gasteiger partial charge in [-0.15, -0.1) is 5.10 Å². The highest BCUT2D eigenvalue weighted by atomic mass is 15.2. The highest BCUT2D eigenvalue weighted by Gasteiger charge is 2.14. The molecule has 0 spiro atoms. The van der Waals surface area contributed by atoms with Gasteiger partial charge in [0.25, 0.3) is 0 Å². The van der Waals surface area contributed by atoms with Crippen molar-refractivity contribution in [1.82, 2.24) is 10.2 Å². The summed E-state index contributed by atoms with van der Waals surface area (Å²) in [6.07, 6.45) is 7.01. The fourth-order valence-corrected chi connectivity index (χ4v) is 1.81. The second-order valence-corrected chi connectivity index (χ2v) is 3.74. The average molecular weight is 177 g/mol. The van der Waals surface area contributed by atoms with Crippen molar-refractivity contribution >= 4 is 5.82 Å². The Morgan fingerprint density at radius 1 is 1.38 bits per heavy atom. The van der Waals surface area contributed by atoms with Gasteiger partial charge in [-0.25, -0.2) is 0 Å². The van der Waals surface area contributed by atoms with Crippen LogP contribution in [0.2, 0.25) is 0 Å². The number of aryl methyl sites for hydroxylation is 1. The Hall–Kier alpha value is -1.12. The van der Waals surface area contributed by atoms with Gasteiger partial charge in [0.05, 0.1) is 6.20 Å². The molecule has 0 aliphatic heterocycles. The molecule has 0 atom stereocenters. The number of hydrogen-bond acceptors (Lipinski definition) is 3. The summed E-state index contributed by atoms with van der Waals surface area (Å²) >= 11 is 0. The fraction of sp³-hybridized carbons (Fsp3) is 0.600. The Labute approximate surface area is 78.6 Å². The van der Waals surface area contributed by atoms with Crippen LogP contribution in [0, 0.1) is 6.92 Å². The maximum Gasteiger partial charge on any atom is 0.149 e. The first-order valence-corrected chi connectivity index (χ1v) is 4.90. The van der Waals surface area contributed by atoms with Crippen molar-refractivity contribution in [3.63, 3.8) is 0 Å². The summed E-state index contributed by atoms with van der Waals surface area (Å²) in [6, 6.07) is 2.67. The van der Waals surface area contributed by atoms with Gasteiger partial charge in [0, 0.05) is 6.04 Å². The third-order valence-corrected chi connectivity index (χ3v) is 2.50.